The fourth-order valence-corrected chi connectivity index (χ4v) is 1.25. The zero-order valence-corrected chi connectivity index (χ0v) is 8.16. The van der Waals surface area contributed by atoms with E-state index in [1.54, 1.807) is 0 Å². The predicted molar refractivity (Wildman–Crippen MR) is 44.1 cm³/mol. The van der Waals surface area contributed by atoms with E-state index in [0.717, 1.165) is 18.2 Å². The maximum Gasteiger partial charge on any atom is 0.458 e. The van der Waals surface area contributed by atoms with Gasteiger partial charge in [-0.05, 0) is 12.1 Å². The molecule has 1 aromatic rings. The van der Waals surface area contributed by atoms with Crippen LogP contribution in [0, 0.1) is 0 Å². The molecule has 0 saturated carbocycles. The molecular formula is C8H4BrF5. The first-order chi connectivity index (χ1) is 6.25. The van der Waals surface area contributed by atoms with Gasteiger partial charge < -0.3 is 0 Å². The number of halogens is 6. The van der Waals surface area contributed by atoms with Gasteiger partial charge in [-0.2, -0.15) is 22.0 Å². The average molecular weight is 275 g/mol. The molecule has 0 radical (unpaired) electrons. The van der Waals surface area contributed by atoms with Gasteiger partial charge in [0, 0.05) is 10.0 Å². The lowest BCUT2D eigenvalue weighted by atomic mass is 10.1. The van der Waals surface area contributed by atoms with E-state index in [1.807, 2.05) is 0 Å². The van der Waals surface area contributed by atoms with Gasteiger partial charge in [0.2, 0.25) is 0 Å². The smallest absolute Gasteiger partial charge is 0.191 e. The van der Waals surface area contributed by atoms with E-state index in [4.69, 9.17) is 0 Å². The third-order valence-electron chi connectivity index (χ3n) is 1.54. The topological polar surface area (TPSA) is 0 Å². The summed E-state index contributed by atoms with van der Waals surface area (Å²) in [6.45, 7) is 0. The van der Waals surface area contributed by atoms with Crippen molar-refractivity contribution in [2.75, 3.05) is 0 Å². The molecule has 0 saturated heterocycles. The van der Waals surface area contributed by atoms with Crippen molar-refractivity contribution in [1.82, 2.24) is 0 Å². The lowest BCUT2D eigenvalue weighted by Crippen LogP contribution is -2.33. The highest BCUT2D eigenvalue weighted by atomic mass is 79.9. The van der Waals surface area contributed by atoms with E-state index in [1.165, 1.54) is 6.07 Å². The maximum atomic E-state index is 12.7. The summed E-state index contributed by atoms with van der Waals surface area (Å²) in [6, 6.07) is 3.97. The van der Waals surface area contributed by atoms with Crippen molar-refractivity contribution in [3.05, 3.63) is 34.3 Å². The molecule has 0 unspecified atom stereocenters. The molecule has 1 rings (SSSR count). The van der Waals surface area contributed by atoms with E-state index >= 15 is 0 Å². The van der Waals surface area contributed by atoms with Gasteiger partial charge in [-0.3, -0.25) is 0 Å². The predicted octanol–water partition coefficient (Wildman–Crippen LogP) is 4.10. The SMILES string of the molecule is FC(F)(F)C(F)(F)c1cccc(Br)c1. The zero-order valence-electron chi connectivity index (χ0n) is 6.58. The van der Waals surface area contributed by atoms with Gasteiger partial charge in [0.25, 0.3) is 0 Å². The Morgan fingerprint density at radius 3 is 2.00 bits per heavy atom. The second kappa shape index (κ2) is 3.49. The van der Waals surface area contributed by atoms with Crippen LogP contribution in [0.3, 0.4) is 0 Å². The number of hydrogen-bond acceptors (Lipinski definition) is 0. The lowest BCUT2D eigenvalue weighted by molar-refractivity contribution is -0.289. The summed E-state index contributed by atoms with van der Waals surface area (Å²) in [5, 5.41) is 0. The van der Waals surface area contributed by atoms with Crippen molar-refractivity contribution in [3.8, 4) is 0 Å². The molecule has 0 aliphatic carbocycles. The van der Waals surface area contributed by atoms with Crippen LogP contribution in [0.4, 0.5) is 22.0 Å². The Morgan fingerprint density at radius 2 is 1.57 bits per heavy atom. The van der Waals surface area contributed by atoms with Crippen LogP contribution in [0.1, 0.15) is 5.56 Å². The van der Waals surface area contributed by atoms with Crippen LogP contribution >= 0.6 is 15.9 Å². The molecule has 0 aliphatic heterocycles. The number of hydrogen-bond donors (Lipinski definition) is 0. The van der Waals surface area contributed by atoms with Crippen molar-refractivity contribution >= 4 is 15.9 Å². The molecule has 0 amide bonds. The maximum absolute atomic E-state index is 12.7. The summed E-state index contributed by atoms with van der Waals surface area (Å²) >= 11 is 2.82. The van der Waals surface area contributed by atoms with Gasteiger partial charge >= 0.3 is 12.1 Å². The molecule has 0 spiro atoms. The van der Waals surface area contributed by atoms with Gasteiger partial charge in [-0.25, -0.2) is 0 Å². The minimum atomic E-state index is -5.56. The van der Waals surface area contributed by atoms with Crippen molar-refractivity contribution in [1.29, 1.82) is 0 Å². The first kappa shape index (κ1) is 11.4. The highest BCUT2D eigenvalue weighted by Gasteiger charge is 2.58. The number of alkyl halides is 5. The molecule has 0 aromatic heterocycles. The molecule has 0 bridgehead atoms. The van der Waals surface area contributed by atoms with Gasteiger partial charge in [-0.1, -0.05) is 28.1 Å². The summed E-state index contributed by atoms with van der Waals surface area (Å²) in [6.07, 6.45) is -5.56. The molecule has 0 aliphatic rings. The van der Waals surface area contributed by atoms with Crippen molar-refractivity contribution < 1.29 is 22.0 Å². The largest absolute Gasteiger partial charge is 0.458 e. The Morgan fingerprint density at radius 1 is 1.00 bits per heavy atom. The Balaban J connectivity index is 3.16. The summed E-state index contributed by atoms with van der Waals surface area (Å²) < 4.78 is 61.2. The van der Waals surface area contributed by atoms with Crippen LogP contribution in [-0.2, 0) is 5.92 Å². The van der Waals surface area contributed by atoms with Gasteiger partial charge in [0.05, 0.1) is 0 Å². The van der Waals surface area contributed by atoms with Crippen molar-refractivity contribution in [2.45, 2.75) is 12.1 Å². The molecule has 6 heteroatoms. The monoisotopic (exact) mass is 274 g/mol. The lowest BCUT2D eigenvalue weighted by Gasteiger charge is -2.19. The van der Waals surface area contributed by atoms with Crippen molar-refractivity contribution in [3.63, 3.8) is 0 Å². The van der Waals surface area contributed by atoms with Gasteiger partial charge in [-0.15, -0.1) is 0 Å². The highest BCUT2D eigenvalue weighted by molar-refractivity contribution is 9.10. The van der Waals surface area contributed by atoms with Crippen LogP contribution in [0.2, 0.25) is 0 Å². The minimum Gasteiger partial charge on any atom is -0.191 e. The Bertz CT molecular complexity index is 331. The summed E-state index contributed by atoms with van der Waals surface area (Å²) in [5.41, 5.74) is -1.07. The normalized spacial score (nSPS) is 13.0. The summed E-state index contributed by atoms with van der Waals surface area (Å²) in [5.74, 6) is -4.81. The standard InChI is InChI=1S/C8H4BrF5/c9-6-3-1-2-5(4-6)7(10,11)8(12,13)14/h1-4H. The first-order valence-electron chi connectivity index (χ1n) is 3.46. The molecule has 0 atom stereocenters. The second-order valence-electron chi connectivity index (χ2n) is 2.58. The molecule has 78 valence electrons. The second-order valence-corrected chi connectivity index (χ2v) is 3.50. The highest BCUT2D eigenvalue weighted by Crippen LogP contribution is 2.44. The third kappa shape index (κ3) is 2.05. The van der Waals surface area contributed by atoms with Gasteiger partial charge in [0.15, 0.2) is 0 Å². The minimum absolute atomic E-state index is 0.180. The Labute approximate surface area is 84.9 Å². The van der Waals surface area contributed by atoms with E-state index in [9.17, 15) is 22.0 Å². The quantitative estimate of drug-likeness (QED) is 0.677. The molecule has 0 fully saturated rings. The van der Waals surface area contributed by atoms with Crippen LogP contribution in [-0.4, -0.2) is 6.18 Å². The molecule has 0 heterocycles. The van der Waals surface area contributed by atoms with Crippen LogP contribution < -0.4 is 0 Å². The third-order valence-corrected chi connectivity index (χ3v) is 2.04. The molecule has 0 nitrogen and oxygen atoms in total. The van der Waals surface area contributed by atoms with Crippen LogP contribution in [0.15, 0.2) is 28.7 Å². The van der Waals surface area contributed by atoms with E-state index in [0.29, 0.717) is 0 Å². The summed E-state index contributed by atoms with van der Waals surface area (Å²) in [4.78, 5) is 0. The van der Waals surface area contributed by atoms with Crippen LogP contribution in [0.5, 0.6) is 0 Å². The van der Waals surface area contributed by atoms with Crippen molar-refractivity contribution in [2.24, 2.45) is 0 Å². The fraction of sp³-hybridized carbons (Fsp3) is 0.250. The van der Waals surface area contributed by atoms with Gasteiger partial charge in [0.1, 0.15) is 0 Å². The molecule has 1 aromatic carbocycles. The zero-order chi connectivity index (χ0) is 11.0. The molecule has 14 heavy (non-hydrogen) atoms. The Hall–Kier alpha value is -0.650. The fourth-order valence-electron chi connectivity index (χ4n) is 0.847. The van der Waals surface area contributed by atoms with E-state index < -0.39 is 17.7 Å². The van der Waals surface area contributed by atoms with E-state index in [2.05, 4.69) is 15.9 Å². The molecule has 0 N–H and O–H groups in total. The van der Waals surface area contributed by atoms with E-state index in [-0.39, 0.29) is 4.47 Å². The Kier molecular flexibility index (Phi) is 2.85. The number of rotatable bonds is 1. The number of benzene rings is 1. The average Bonchev–Trinajstić information content (AvgIpc) is 2.02. The summed E-state index contributed by atoms with van der Waals surface area (Å²) in [7, 11) is 0. The van der Waals surface area contributed by atoms with Crippen LogP contribution in [0.25, 0.3) is 0 Å². The first-order valence-corrected chi connectivity index (χ1v) is 4.25. The molecular weight excluding hydrogens is 271 g/mol.